The van der Waals surface area contributed by atoms with E-state index >= 15 is 0 Å². The van der Waals surface area contributed by atoms with Gasteiger partial charge in [0, 0.05) is 13.6 Å². The number of amides is 1. The number of carbonyl (C=O) groups is 1. The summed E-state index contributed by atoms with van der Waals surface area (Å²) in [6, 6.07) is 9.77. The zero-order chi connectivity index (χ0) is 13.6. The first-order valence-corrected chi connectivity index (χ1v) is 7.46. The van der Waals surface area contributed by atoms with Gasteiger partial charge < -0.3 is 5.32 Å². The third kappa shape index (κ3) is 5.29. The lowest BCUT2D eigenvalue weighted by Gasteiger charge is -2.13. The summed E-state index contributed by atoms with van der Waals surface area (Å²) in [5, 5.41) is 2.69. The Morgan fingerprint density at radius 2 is 1.89 bits per heavy atom. The number of carbonyl (C=O) groups excluding carboxylic acids is 1. The summed E-state index contributed by atoms with van der Waals surface area (Å²) >= 11 is 0. The molecule has 0 radical (unpaired) electrons. The largest absolute Gasteiger partial charge is 0.355 e. The second-order valence-corrected chi connectivity index (χ2v) is 6.19. The molecule has 0 atom stereocenters. The molecule has 18 heavy (non-hydrogen) atoms. The predicted molar refractivity (Wildman–Crippen MR) is 70.6 cm³/mol. The first-order chi connectivity index (χ1) is 8.39. The standard InChI is InChI=1S/C12H18N2O3S/c1-14(18(2,16)17)10-12(15)13-9-8-11-6-4-3-5-7-11/h3-7H,8-10H2,1-2H3,(H,13,15). The normalized spacial score (nSPS) is 11.5. The van der Waals surface area contributed by atoms with E-state index in [2.05, 4.69) is 5.32 Å². The molecule has 0 bridgehead atoms. The van der Waals surface area contributed by atoms with Crippen LogP contribution in [0.4, 0.5) is 0 Å². The lowest BCUT2D eigenvalue weighted by molar-refractivity contribution is -0.121. The van der Waals surface area contributed by atoms with Crippen LogP contribution in [-0.4, -0.2) is 45.0 Å². The summed E-state index contributed by atoms with van der Waals surface area (Å²) in [4.78, 5) is 11.5. The van der Waals surface area contributed by atoms with Crippen molar-refractivity contribution in [1.29, 1.82) is 0 Å². The fourth-order valence-electron chi connectivity index (χ4n) is 1.37. The lowest BCUT2D eigenvalue weighted by Crippen LogP contribution is -2.38. The van der Waals surface area contributed by atoms with E-state index < -0.39 is 10.0 Å². The van der Waals surface area contributed by atoms with Crippen LogP contribution in [0.25, 0.3) is 0 Å². The van der Waals surface area contributed by atoms with Gasteiger partial charge in [0.1, 0.15) is 0 Å². The number of likely N-dealkylation sites (N-methyl/N-ethyl adjacent to an activating group) is 1. The van der Waals surface area contributed by atoms with Crippen molar-refractivity contribution in [2.75, 3.05) is 26.4 Å². The van der Waals surface area contributed by atoms with E-state index in [0.717, 1.165) is 22.5 Å². The van der Waals surface area contributed by atoms with E-state index in [-0.39, 0.29) is 12.5 Å². The van der Waals surface area contributed by atoms with Crippen molar-refractivity contribution in [3.63, 3.8) is 0 Å². The van der Waals surface area contributed by atoms with Crippen LogP contribution < -0.4 is 5.32 Å². The van der Waals surface area contributed by atoms with Gasteiger partial charge in [-0.25, -0.2) is 8.42 Å². The Morgan fingerprint density at radius 1 is 1.28 bits per heavy atom. The van der Waals surface area contributed by atoms with Gasteiger partial charge in [0.2, 0.25) is 15.9 Å². The highest BCUT2D eigenvalue weighted by Crippen LogP contribution is 1.98. The van der Waals surface area contributed by atoms with E-state index in [1.165, 1.54) is 7.05 Å². The molecule has 1 aromatic rings. The summed E-state index contributed by atoms with van der Waals surface area (Å²) < 4.78 is 23.2. The number of hydrogen-bond acceptors (Lipinski definition) is 3. The molecule has 6 heteroatoms. The average Bonchev–Trinajstić information content (AvgIpc) is 2.29. The Hall–Kier alpha value is -1.40. The molecule has 0 saturated carbocycles. The van der Waals surface area contributed by atoms with Crippen molar-refractivity contribution >= 4 is 15.9 Å². The van der Waals surface area contributed by atoms with Gasteiger partial charge in [-0.1, -0.05) is 30.3 Å². The van der Waals surface area contributed by atoms with Crippen molar-refractivity contribution in [2.45, 2.75) is 6.42 Å². The molecule has 0 heterocycles. The summed E-state index contributed by atoms with van der Waals surface area (Å²) in [7, 11) is -1.92. The maximum Gasteiger partial charge on any atom is 0.235 e. The Balaban J connectivity index is 2.30. The zero-order valence-corrected chi connectivity index (χ0v) is 11.4. The summed E-state index contributed by atoms with van der Waals surface area (Å²) in [6.45, 7) is 0.355. The molecule has 0 spiro atoms. The molecular formula is C12H18N2O3S. The van der Waals surface area contributed by atoms with E-state index in [1.807, 2.05) is 30.3 Å². The van der Waals surface area contributed by atoms with Crippen LogP contribution in [0, 0.1) is 0 Å². The summed E-state index contributed by atoms with van der Waals surface area (Å²) in [6.07, 6.45) is 1.80. The molecule has 0 aliphatic rings. The number of benzene rings is 1. The zero-order valence-electron chi connectivity index (χ0n) is 10.6. The molecule has 0 fully saturated rings. The summed E-state index contributed by atoms with van der Waals surface area (Å²) in [5.74, 6) is -0.293. The van der Waals surface area contributed by atoms with Gasteiger partial charge in [-0.3, -0.25) is 4.79 Å². The van der Waals surface area contributed by atoms with Crippen molar-refractivity contribution in [2.24, 2.45) is 0 Å². The molecule has 1 rings (SSSR count). The second kappa shape index (κ2) is 6.51. The van der Waals surface area contributed by atoms with Gasteiger partial charge in [0.15, 0.2) is 0 Å². The third-order valence-corrected chi connectivity index (χ3v) is 3.77. The SMILES string of the molecule is CN(CC(=O)NCCc1ccccc1)S(C)(=O)=O. The lowest BCUT2D eigenvalue weighted by atomic mass is 10.1. The third-order valence-electron chi connectivity index (χ3n) is 2.51. The minimum absolute atomic E-state index is 0.145. The minimum Gasteiger partial charge on any atom is -0.355 e. The number of sulfonamides is 1. The Labute approximate surface area is 108 Å². The molecule has 0 aliphatic heterocycles. The van der Waals surface area contributed by atoms with Gasteiger partial charge in [-0.05, 0) is 12.0 Å². The van der Waals surface area contributed by atoms with Gasteiger partial charge in [-0.15, -0.1) is 0 Å². The Morgan fingerprint density at radius 3 is 2.44 bits per heavy atom. The fourth-order valence-corrected chi connectivity index (χ4v) is 1.72. The van der Waals surface area contributed by atoms with Gasteiger partial charge in [0.05, 0.1) is 12.8 Å². The van der Waals surface area contributed by atoms with Crippen LogP contribution in [0.5, 0.6) is 0 Å². The van der Waals surface area contributed by atoms with E-state index in [9.17, 15) is 13.2 Å². The number of hydrogen-bond donors (Lipinski definition) is 1. The molecule has 0 aromatic heterocycles. The molecule has 0 aliphatic carbocycles. The second-order valence-electron chi connectivity index (χ2n) is 4.10. The van der Waals surface area contributed by atoms with Crippen LogP contribution >= 0.6 is 0 Å². The molecule has 1 N–H and O–H groups in total. The number of nitrogens with zero attached hydrogens (tertiary/aromatic N) is 1. The highest BCUT2D eigenvalue weighted by Gasteiger charge is 2.14. The maximum absolute atomic E-state index is 11.5. The van der Waals surface area contributed by atoms with Gasteiger partial charge in [-0.2, -0.15) is 4.31 Å². The van der Waals surface area contributed by atoms with Gasteiger partial charge >= 0.3 is 0 Å². The minimum atomic E-state index is -3.30. The molecule has 0 saturated heterocycles. The van der Waals surface area contributed by atoms with Crippen molar-refractivity contribution in [3.8, 4) is 0 Å². The van der Waals surface area contributed by atoms with Crippen molar-refractivity contribution < 1.29 is 13.2 Å². The van der Waals surface area contributed by atoms with Crippen molar-refractivity contribution in [3.05, 3.63) is 35.9 Å². The quantitative estimate of drug-likeness (QED) is 0.805. The highest BCUT2D eigenvalue weighted by molar-refractivity contribution is 7.88. The molecular weight excluding hydrogens is 252 g/mol. The topological polar surface area (TPSA) is 66.5 Å². The van der Waals surface area contributed by atoms with E-state index in [1.54, 1.807) is 0 Å². The first-order valence-electron chi connectivity index (χ1n) is 5.61. The highest BCUT2D eigenvalue weighted by atomic mass is 32.2. The molecule has 0 unspecified atom stereocenters. The van der Waals surface area contributed by atoms with Crippen molar-refractivity contribution in [1.82, 2.24) is 9.62 Å². The van der Waals surface area contributed by atoms with Gasteiger partial charge in [0.25, 0.3) is 0 Å². The Bertz CT molecular complexity index is 485. The molecule has 100 valence electrons. The monoisotopic (exact) mass is 270 g/mol. The summed E-state index contributed by atoms with van der Waals surface area (Å²) in [5.41, 5.74) is 1.13. The van der Waals surface area contributed by atoms with Crippen LogP contribution in [-0.2, 0) is 21.2 Å². The smallest absolute Gasteiger partial charge is 0.235 e. The predicted octanol–water partition coefficient (Wildman–Crippen LogP) is 0.237. The Kier molecular flexibility index (Phi) is 5.30. The van der Waals surface area contributed by atoms with Crippen LogP contribution in [0.2, 0.25) is 0 Å². The molecule has 1 aromatic carbocycles. The molecule has 5 nitrogen and oxygen atoms in total. The first kappa shape index (κ1) is 14.7. The average molecular weight is 270 g/mol. The number of nitrogens with one attached hydrogen (secondary N) is 1. The van der Waals surface area contributed by atoms with E-state index in [0.29, 0.717) is 6.54 Å². The van der Waals surface area contributed by atoms with Crippen LogP contribution in [0.15, 0.2) is 30.3 Å². The van der Waals surface area contributed by atoms with Crippen LogP contribution in [0.1, 0.15) is 5.56 Å². The fraction of sp³-hybridized carbons (Fsp3) is 0.417. The van der Waals surface area contributed by atoms with Crippen LogP contribution in [0.3, 0.4) is 0 Å². The molecule has 1 amide bonds. The number of rotatable bonds is 6. The maximum atomic E-state index is 11.5. The van der Waals surface area contributed by atoms with E-state index in [4.69, 9.17) is 0 Å².